The van der Waals surface area contributed by atoms with E-state index in [1.165, 1.54) is 0 Å². The smallest absolute Gasteiger partial charge is 0.348 e. The number of nitrogens with zero attached hydrogens (tertiary/aromatic N) is 1. The Bertz CT molecular complexity index is 783. The fourth-order valence-electron chi connectivity index (χ4n) is 2.03. The van der Waals surface area contributed by atoms with E-state index in [1.54, 1.807) is 37.5 Å². The topological polar surface area (TPSA) is 103 Å². The molecule has 120 valence electrons. The second-order valence-corrected chi connectivity index (χ2v) is 5.16. The molecular weight excluding hydrogens is 296 g/mol. The highest BCUT2D eigenvalue weighted by atomic mass is 16.5. The van der Waals surface area contributed by atoms with Crippen molar-refractivity contribution in [1.29, 1.82) is 0 Å². The van der Waals surface area contributed by atoms with Gasteiger partial charge in [-0.15, -0.1) is 0 Å². The summed E-state index contributed by atoms with van der Waals surface area (Å²) in [6, 6.07) is 6.97. The molecule has 6 nitrogen and oxygen atoms in total. The van der Waals surface area contributed by atoms with Crippen molar-refractivity contribution in [3.63, 3.8) is 0 Å². The van der Waals surface area contributed by atoms with Crippen LogP contribution in [0.1, 0.15) is 25.8 Å². The van der Waals surface area contributed by atoms with E-state index in [0.717, 1.165) is 10.8 Å². The van der Waals surface area contributed by atoms with E-state index in [9.17, 15) is 14.7 Å². The third kappa shape index (κ3) is 3.66. The molecule has 1 aromatic heterocycles. The maximum Gasteiger partial charge on any atom is 0.348 e. The second kappa shape index (κ2) is 6.91. The summed E-state index contributed by atoms with van der Waals surface area (Å²) in [7, 11) is 0. The van der Waals surface area contributed by atoms with Crippen LogP contribution < -0.4 is 5.73 Å². The Morgan fingerprint density at radius 1 is 1.30 bits per heavy atom. The van der Waals surface area contributed by atoms with Crippen molar-refractivity contribution in [2.45, 2.75) is 26.4 Å². The Balaban J connectivity index is 2.47. The van der Waals surface area contributed by atoms with Crippen molar-refractivity contribution in [1.82, 2.24) is 4.98 Å². The molecule has 1 atom stereocenters. The van der Waals surface area contributed by atoms with E-state index in [2.05, 4.69) is 4.98 Å². The summed E-state index contributed by atoms with van der Waals surface area (Å²) >= 11 is 0. The Labute approximate surface area is 133 Å². The number of carbonyl (C=O) groups is 2. The van der Waals surface area contributed by atoms with Crippen LogP contribution in [0.5, 0.6) is 0 Å². The van der Waals surface area contributed by atoms with Gasteiger partial charge in [0.25, 0.3) is 0 Å². The largest absolute Gasteiger partial charge is 0.477 e. The number of carbonyl (C=O) groups excluding carboxylic acids is 1. The van der Waals surface area contributed by atoms with Gasteiger partial charge in [-0.2, -0.15) is 0 Å². The maximum absolute atomic E-state index is 12.1. The van der Waals surface area contributed by atoms with Crippen LogP contribution >= 0.6 is 0 Å². The number of carboxylic acids is 1. The summed E-state index contributed by atoms with van der Waals surface area (Å²) in [6.07, 6.45) is 3.50. The van der Waals surface area contributed by atoms with Gasteiger partial charge in [0.2, 0.25) is 0 Å². The molecule has 1 aromatic carbocycles. The Hall–Kier alpha value is -2.89. The summed E-state index contributed by atoms with van der Waals surface area (Å²) in [4.78, 5) is 27.5. The van der Waals surface area contributed by atoms with Gasteiger partial charge >= 0.3 is 11.9 Å². The average molecular weight is 314 g/mol. The first kappa shape index (κ1) is 16.5. The standard InChI is InChI=1S/C17H18N2O4/c1-3-10(2)23-17(22)14(16(20)21)15(18)12-5-4-11-6-7-19-9-13(11)8-12/h4-10H,3,18H2,1-2H3,(H,20,21). The SMILES string of the molecule is CCC(C)OC(=O)C(C(=O)O)=C(N)c1ccc2ccncc2c1. The van der Waals surface area contributed by atoms with Crippen LogP contribution in [0.4, 0.5) is 0 Å². The first-order valence-electron chi connectivity index (χ1n) is 7.22. The quantitative estimate of drug-likeness (QED) is 0.380. The number of hydrogen-bond acceptors (Lipinski definition) is 5. The van der Waals surface area contributed by atoms with Crippen molar-refractivity contribution >= 4 is 28.4 Å². The molecule has 0 fully saturated rings. The van der Waals surface area contributed by atoms with Gasteiger partial charge in [-0.05, 0) is 36.4 Å². The molecule has 0 saturated carbocycles. The zero-order chi connectivity index (χ0) is 17.0. The number of aromatic nitrogens is 1. The first-order valence-corrected chi connectivity index (χ1v) is 7.22. The van der Waals surface area contributed by atoms with Crippen LogP contribution in [0.2, 0.25) is 0 Å². The molecule has 6 heteroatoms. The fourth-order valence-corrected chi connectivity index (χ4v) is 2.03. The number of fused-ring (bicyclic) bond motifs is 1. The average Bonchev–Trinajstić information content (AvgIpc) is 2.53. The zero-order valence-electron chi connectivity index (χ0n) is 12.9. The number of benzene rings is 1. The highest BCUT2D eigenvalue weighted by Crippen LogP contribution is 2.21. The van der Waals surface area contributed by atoms with Crippen molar-refractivity contribution in [2.24, 2.45) is 5.73 Å². The monoisotopic (exact) mass is 314 g/mol. The van der Waals surface area contributed by atoms with Gasteiger partial charge in [0.05, 0.1) is 11.8 Å². The molecular formula is C17H18N2O4. The van der Waals surface area contributed by atoms with Gasteiger partial charge in [-0.1, -0.05) is 19.1 Å². The van der Waals surface area contributed by atoms with E-state index in [0.29, 0.717) is 12.0 Å². The van der Waals surface area contributed by atoms with Gasteiger partial charge in [-0.25, -0.2) is 9.59 Å². The molecule has 3 N–H and O–H groups in total. The minimum absolute atomic E-state index is 0.128. The lowest BCUT2D eigenvalue weighted by Gasteiger charge is -2.13. The van der Waals surface area contributed by atoms with Gasteiger partial charge in [0, 0.05) is 17.8 Å². The number of carboxylic acid groups (broad SMARTS) is 1. The Kier molecular flexibility index (Phi) is 4.95. The van der Waals surface area contributed by atoms with E-state index in [1.807, 2.05) is 13.0 Å². The predicted molar refractivity (Wildman–Crippen MR) is 86.3 cm³/mol. The minimum Gasteiger partial charge on any atom is -0.477 e. The van der Waals surface area contributed by atoms with E-state index >= 15 is 0 Å². The Morgan fingerprint density at radius 2 is 2.04 bits per heavy atom. The van der Waals surface area contributed by atoms with Crippen LogP contribution in [0.15, 0.2) is 42.2 Å². The minimum atomic E-state index is -1.41. The summed E-state index contributed by atoms with van der Waals surface area (Å²) in [6.45, 7) is 3.52. The zero-order valence-corrected chi connectivity index (χ0v) is 12.9. The van der Waals surface area contributed by atoms with Crippen molar-refractivity contribution in [3.05, 3.63) is 47.8 Å². The van der Waals surface area contributed by atoms with Crippen LogP contribution in [-0.4, -0.2) is 28.1 Å². The molecule has 1 unspecified atom stereocenters. The summed E-state index contributed by atoms with van der Waals surface area (Å²) < 4.78 is 5.08. The summed E-state index contributed by atoms with van der Waals surface area (Å²) in [5.74, 6) is -2.35. The molecule has 0 spiro atoms. The highest BCUT2D eigenvalue weighted by Gasteiger charge is 2.25. The molecule has 0 aliphatic carbocycles. The van der Waals surface area contributed by atoms with Crippen molar-refractivity contribution in [2.75, 3.05) is 0 Å². The molecule has 0 saturated heterocycles. The number of ether oxygens (including phenoxy) is 1. The first-order chi connectivity index (χ1) is 10.9. The van der Waals surface area contributed by atoms with Crippen LogP contribution in [0.25, 0.3) is 16.5 Å². The third-order valence-corrected chi connectivity index (χ3v) is 3.52. The van der Waals surface area contributed by atoms with Crippen LogP contribution in [0.3, 0.4) is 0 Å². The Morgan fingerprint density at radius 3 is 2.70 bits per heavy atom. The van der Waals surface area contributed by atoms with Crippen molar-refractivity contribution in [3.8, 4) is 0 Å². The maximum atomic E-state index is 12.1. The van der Waals surface area contributed by atoms with Crippen molar-refractivity contribution < 1.29 is 19.4 Å². The van der Waals surface area contributed by atoms with Crippen LogP contribution in [-0.2, 0) is 14.3 Å². The molecule has 0 radical (unpaired) electrons. The molecule has 0 aliphatic heterocycles. The number of nitrogens with two attached hydrogens (primary N) is 1. The lowest BCUT2D eigenvalue weighted by atomic mass is 10.0. The van der Waals surface area contributed by atoms with E-state index in [4.69, 9.17) is 10.5 Å². The number of hydrogen-bond donors (Lipinski definition) is 2. The lowest BCUT2D eigenvalue weighted by molar-refractivity contribution is -0.147. The molecule has 0 bridgehead atoms. The van der Waals surface area contributed by atoms with E-state index < -0.39 is 17.5 Å². The lowest BCUT2D eigenvalue weighted by Crippen LogP contribution is -2.23. The van der Waals surface area contributed by atoms with Crippen LogP contribution in [0, 0.1) is 0 Å². The van der Waals surface area contributed by atoms with Gasteiger partial charge in [0.15, 0.2) is 5.57 Å². The molecule has 23 heavy (non-hydrogen) atoms. The molecule has 0 aliphatic rings. The molecule has 0 amide bonds. The molecule has 1 heterocycles. The van der Waals surface area contributed by atoms with Gasteiger partial charge in [0.1, 0.15) is 0 Å². The highest BCUT2D eigenvalue weighted by molar-refractivity contribution is 6.19. The van der Waals surface area contributed by atoms with E-state index in [-0.39, 0.29) is 11.8 Å². The summed E-state index contributed by atoms with van der Waals surface area (Å²) in [5, 5.41) is 11.1. The number of esters is 1. The predicted octanol–water partition coefficient (Wildman–Crippen LogP) is 2.33. The number of pyridine rings is 1. The molecule has 2 rings (SSSR count). The summed E-state index contributed by atoms with van der Waals surface area (Å²) in [5.41, 5.74) is 5.67. The molecule has 2 aromatic rings. The number of aliphatic carboxylic acids is 1. The number of rotatable bonds is 5. The second-order valence-electron chi connectivity index (χ2n) is 5.16. The third-order valence-electron chi connectivity index (χ3n) is 3.52. The normalized spacial score (nSPS) is 13.3. The van der Waals surface area contributed by atoms with Gasteiger partial charge < -0.3 is 15.6 Å². The fraction of sp³-hybridized carbons (Fsp3) is 0.235. The van der Waals surface area contributed by atoms with Gasteiger partial charge in [-0.3, -0.25) is 4.98 Å².